The molecular weight excluding hydrogens is 400 g/mol. The van der Waals surface area contributed by atoms with E-state index in [0.717, 1.165) is 0 Å². The quantitative estimate of drug-likeness (QED) is 0.508. The second kappa shape index (κ2) is 9.50. The van der Waals surface area contributed by atoms with Gasteiger partial charge in [0.15, 0.2) is 0 Å². The lowest BCUT2D eigenvalue weighted by molar-refractivity contribution is -0.0258. The number of hydrogen-bond acceptors (Lipinski definition) is 7. The summed E-state index contributed by atoms with van der Waals surface area (Å²) in [4.78, 5) is 29.0. The van der Waals surface area contributed by atoms with Crippen LogP contribution in [0.25, 0.3) is 0 Å². The van der Waals surface area contributed by atoms with Crippen molar-refractivity contribution in [3.8, 4) is 5.75 Å². The minimum atomic E-state index is -3.87. The van der Waals surface area contributed by atoms with Crippen LogP contribution in [-0.2, 0) is 26.1 Å². The summed E-state index contributed by atoms with van der Waals surface area (Å²) in [5.74, 6) is -0.681. The Morgan fingerprint density at radius 1 is 1.07 bits per heavy atom. The molecule has 2 rings (SSSR count). The van der Waals surface area contributed by atoms with E-state index in [1.807, 2.05) is 0 Å². The van der Waals surface area contributed by atoms with Gasteiger partial charge in [0.2, 0.25) is 0 Å². The molecule has 0 saturated carbocycles. The SMILES string of the molecule is COC(=O)c1cc(CNC(=O)c2cccc(S(=O)(=O)N(C)OC)c2)ccc1OC. The lowest BCUT2D eigenvalue weighted by Gasteiger charge is -2.14. The smallest absolute Gasteiger partial charge is 0.341 e. The van der Waals surface area contributed by atoms with Crippen LogP contribution >= 0.6 is 0 Å². The molecule has 0 aliphatic heterocycles. The predicted octanol–water partition coefficient (Wildman–Crippen LogP) is 1.59. The predicted molar refractivity (Wildman–Crippen MR) is 104 cm³/mol. The molecule has 0 aliphatic carbocycles. The fourth-order valence-electron chi connectivity index (χ4n) is 2.46. The lowest BCUT2D eigenvalue weighted by atomic mass is 10.1. The third-order valence-electron chi connectivity index (χ3n) is 4.11. The topological polar surface area (TPSA) is 111 Å². The summed E-state index contributed by atoms with van der Waals surface area (Å²) in [5.41, 5.74) is 1.04. The van der Waals surface area contributed by atoms with E-state index >= 15 is 0 Å². The van der Waals surface area contributed by atoms with E-state index in [9.17, 15) is 18.0 Å². The van der Waals surface area contributed by atoms with Gasteiger partial charge >= 0.3 is 5.97 Å². The van der Waals surface area contributed by atoms with E-state index < -0.39 is 21.9 Å². The second-order valence-electron chi connectivity index (χ2n) is 5.83. The van der Waals surface area contributed by atoms with Crippen molar-refractivity contribution in [2.24, 2.45) is 0 Å². The van der Waals surface area contributed by atoms with Crippen molar-refractivity contribution in [2.75, 3.05) is 28.4 Å². The van der Waals surface area contributed by atoms with Gasteiger partial charge in [-0.3, -0.25) is 9.63 Å². The highest BCUT2D eigenvalue weighted by Crippen LogP contribution is 2.21. The molecule has 0 bridgehead atoms. The highest BCUT2D eigenvalue weighted by Gasteiger charge is 2.22. The molecule has 0 unspecified atom stereocenters. The zero-order chi connectivity index (χ0) is 21.6. The van der Waals surface area contributed by atoms with Gasteiger partial charge in [0.05, 0.1) is 26.2 Å². The minimum Gasteiger partial charge on any atom is -0.496 e. The maximum Gasteiger partial charge on any atom is 0.341 e. The number of esters is 1. The Morgan fingerprint density at radius 3 is 2.41 bits per heavy atom. The summed E-state index contributed by atoms with van der Waals surface area (Å²) in [6.07, 6.45) is 0. The maximum atomic E-state index is 12.5. The minimum absolute atomic E-state index is 0.0769. The number of amides is 1. The van der Waals surface area contributed by atoms with Crippen molar-refractivity contribution in [3.63, 3.8) is 0 Å². The molecular formula is C19H22N2O7S. The molecule has 29 heavy (non-hydrogen) atoms. The molecule has 0 aromatic heterocycles. The normalized spacial score (nSPS) is 11.2. The summed E-state index contributed by atoms with van der Waals surface area (Å²) < 4.78 is 35.2. The van der Waals surface area contributed by atoms with Crippen LogP contribution in [0.15, 0.2) is 47.4 Å². The number of hydrogen-bond donors (Lipinski definition) is 1. The number of nitrogens with one attached hydrogen (secondary N) is 1. The Labute approximate surface area is 169 Å². The number of rotatable bonds is 8. The van der Waals surface area contributed by atoms with Crippen LogP contribution < -0.4 is 10.1 Å². The van der Waals surface area contributed by atoms with E-state index in [1.165, 1.54) is 52.6 Å². The van der Waals surface area contributed by atoms with Gasteiger partial charge in [-0.25, -0.2) is 13.2 Å². The molecule has 10 heteroatoms. The van der Waals surface area contributed by atoms with Gasteiger partial charge < -0.3 is 14.8 Å². The van der Waals surface area contributed by atoms with E-state index in [4.69, 9.17) is 14.3 Å². The Balaban J connectivity index is 2.18. The molecule has 0 aliphatic rings. The van der Waals surface area contributed by atoms with Crippen molar-refractivity contribution in [1.29, 1.82) is 0 Å². The van der Waals surface area contributed by atoms with Gasteiger partial charge in [-0.15, -0.1) is 0 Å². The molecule has 0 heterocycles. The molecule has 9 nitrogen and oxygen atoms in total. The first-order chi connectivity index (χ1) is 13.7. The first kappa shape index (κ1) is 22.3. The first-order valence-corrected chi connectivity index (χ1v) is 9.85. The van der Waals surface area contributed by atoms with Gasteiger partial charge in [0.25, 0.3) is 15.9 Å². The Bertz CT molecular complexity index is 1010. The monoisotopic (exact) mass is 422 g/mol. The van der Waals surface area contributed by atoms with Crippen LogP contribution in [0, 0.1) is 0 Å². The summed E-state index contributed by atoms with van der Waals surface area (Å²) in [7, 11) is 1.31. The highest BCUT2D eigenvalue weighted by molar-refractivity contribution is 7.89. The average Bonchev–Trinajstić information content (AvgIpc) is 2.75. The van der Waals surface area contributed by atoms with Gasteiger partial charge in [0, 0.05) is 19.2 Å². The number of sulfonamides is 1. The third kappa shape index (κ3) is 5.11. The maximum absolute atomic E-state index is 12.5. The Kier molecular flexibility index (Phi) is 7.32. The lowest BCUT2D eigenvalue weighted by Crippen LogP contribution is -2.27. The fraction of sp³-hybridized carbons (Fsp3) is 0.263. The number of hydroxylamine groups is 1. The van der Waals surface area contributed by atoms with Gasteiger partial charge in [-0.05, 0) is 35.9 Å². The van der Waals surface area contributed by atoms with Crippen molar-refractivity contribution in [1.82, 2.24) is 9.79 Å². The van der Waals surface area contributed by atoms with Crippen molar-refractivity contribution >= 4 is 21.9 Å². The first-order valence-electron chi connectivity index (χ1n) is 8.41. The van der Waals surface area contributed by atoms with Gasteiger partial charge in [-0.2, -0.15) is 0 Å². The largest absolute Gasteiger partial charge is 0.496 e. The Hall–Kier alpha value is -2.95. The molecule has 2 aromatic carbocycles. The molecule has 0 atom stereocenters. The number of carbonyl (C=O) groups is 2. The summed E-state index contributed by atoms with van der Waals surface area (Å²) in [6.45, 7) is 0.113. The third-order valence-corrected chi connectivity index (χ3v) is 5.79. The van der Waals surface area contributed by atoms with Gasteiger partial charge in [-0.1, -0.05) is 16.6 Å². The van der Waals surface area contributed by atoms with Crippen LogP contribution in [0.5, 0.6) is 5.75 Å². The molecule has 1 amide bonds. The second-order valence-corrected chi connectivity index (χ2v) is 7.77. The van der Waals surface area contributed by atoms with E-state index in [-0.39, 0.29) is 22.6 Å². The molecule has 0 saturated heterocycles. The van der Waals surface area contributed by atoms with Crippen LogP contribution in [0.2, 0.25) is 0 Å². The van der Waals surface area contributed by atoms with Crippen molar-refractivity contribution < 1.29 is 32.3 Å². The molecule has 0 radical (unpaired) electrons. The van der Waals surface area contributed by atoms with E-state index in [1.54, 1.807) is 18.2 Å². The number of methoxy groups -OCH3 is 2. The fourth-order valence-corrected chi connectivity index (χ4v) is 3.48. The van der Waals surface area contributed by atoms with Crippen LogP contribution in [0.4, 0.5) is 0 Å². The number of carbonyl (C=O) groups excluding carboxylic acids is 2. The molecule has 156 valence electrons. The van der Waals surface area contributed by atoms with Crippen LogP contribution in [-0.4, -0.2) is 53.1 Å². The number of ether oxygens (including phenoxy) is 2. The molecule has 1 N–H and O–H groups in total. The van der Waals surface area contributed by atoms with E-state index in [0.29, 0.717) is 15.8 Å². The number of nitrogens with zero attached hydrogens (tertiary/aromatic N) is 1. The highest BCUT2D eigenvalue weighted by atomic mass is 32.2. The van der Waals surface area contributed by atoms with Crippen molar-refractivity contribution in [3.05, 3.63) is 59.2 Å². The average molecular weight is 422 g/mol. The summed E-state index contributed by atoms with van der Waals surface area (Å²) in [5, 5.41) is 2.69. The zero-order valence-corrected chi connectivity index (χ0v) is 17.3. The van der Waals surface area contributed by atoms with E-state index in [2.05, 4.69) is 5.32 Å². The van der Waals surface area contributed by atoms with Gasteiger partial charge in [0.1, 0.15) is 11.3 Å². The summed E-state index contributed by atoms with van der Waals surface area (Å²) in [6, 6.07) is 10.4. The molecule has 2 aromatic rings. The Morgan fingerprint density at radius 2 is 1.79 bits per heavy atom. The van der Waals surface area contributed by atoms with Crippen LogP contribution in [0.3, 0.4) is 0 Å². The van der Waals surface area contributed by atoms with Crippen molar-refractivity contribution in [2.45, 2.75) is 11.4 Å². The molecule has 0 fully saturated rings. The number of benzene rings is 2. The van der Waals surface area contributed by atoms with Crippen LogP contribution in [0.1, 0.15) is 26.3 Å². The molecule has 0 spiro atoms. The summed E-state index contributed by atoms with van der Waals surface area (Å²) >= 11 is 0. The standard InChI is InChI=1S/C19H22N2O7S/c1-21(28-4)29(24,25)15-7-5-6-14(11-15)18(22)20-12-13-8-9-17(26-2)16(10-13)19(23)27-3/h5-11H,12H2,1-4H3,(H,20,22). The zero-order valence-electron chi connectivity index (χ0n) is 16.5.